The molecule has 0 bridgehead atoms. The SMILES string of the molecule is CC1=CN2CC=CC=C2C(C)=C1C. The summed E-state index contributed by atoms with van der Waals surface area (Å²) >= 11 is 0. The summed E-state index contributed by atoms with van der Waals surface area (Å²) in [7, 11) is 0. The molecular weight excluding hydrogens is 158 g/mol. The molecule has 13 heavy (non-hydrogen) atoms. The lowest BCUT2D eigenvalue weighted by molar-refractivity contribution is 0.507. The van der Waals surface area contributed by atoms with E-state index in [1.807, 2.05) is 0 Å². The molecule has 1 heteroatoms. The van der Waals surface area contributed by atoms with E-state index in [1.54, 1.807) is 0 Å². The molecule has 0 saturated carbocycles. The molecule has 0 radical (unpaired) electrons. The summed E-state index contributed by atoms with van der Waals surface area (Å²) in [5.41, 5.74) is 5.55. The molecular formula is C12H15N. The molecule has 0 aliphatic carbocycles. The van der Waals surface area contributed by atoms with Crippen LogP contribution in [0, 0.1) is 0 Å². The summed E-state index contributed by atoms with van der Waals surface area (Å²) in [4.78, 5) is 2.30. The van der Waals surface area contributed by atoms with Gasteiger partial charge in [-0.15, -0.1) is 0 Å². The van der Waals surface area contributed by atoms with Crippen LogP contribution in [0.15, 0.2) is 46.8 Å². The minimum absolute atomic E-state index is 1.01. The predicted molar refractivity (Wildman–Crippen MR) is 56.1 cm³/mol. The standard InChI is InChI=1S/C12H15N/c1-9-8-13-7-5-4-6-12(13)11(3)10(9)2/h4-6,8H,7H2,1-3H3. The minimum atomic E-state index is 1.01. The van der Waals surface area contributed by atoms with Crippen LogP contribution in [0.5, 0.6) is 0 Å². The molecule has 0 fully saturated rings. The highest BCUT2D eigenvalue weighted by atomic mass is 15.1. The lowest BCUT2D eigenvalue weighted by Crippen LogP contribution is -2.23. The molecule has 2 aliphatic rings. The molecule has 0 spiro atoms. The molecule has 0 amide bonds. The lowest BCUT2D eigenvalue weighted by atomic mass is 9.96. The largest absolute Gasteiger partial charge is 0.344 e. The van der Waals surface area contributed by atoms with Crippen molar-refractivity contribution in [2.24, 2.45) is 0 Å². The van der Waals surface area contributed by atoms with Crippen molar-refractivity contribution in [1.82, 2.24) is 4.90 Å². The quantitative estimate of drug-likeness (QED) is 0.544. The number of hydrogen-bond donors (Lipinski definition) is 0. The monoisotopic (exact) mass is 173 g/mol. The van der Waals surface area contributed by atoms with E-state index < -0.39 is 0 Å². The van der Waals surface area contributed by atoms with Crippen molar-refractivity contribution in [1.29, 1.82) is 0 Å². The fraction of sp³-hybridized carbons (Fsp3) is 0.333. The Bertz CT molecular complexity index is 353. The molecule has 0 saturated heterocycles. The average molecular weight is 173 g/mol. The minimum Gasteiger partial charge on any atom is -0.344 e. The van der Waals surface area contributed by atoms with Crippen LogP contribution in [0.4, 0.5) is 0 Å². The summed E-state index contributed by atoms with van der Waals surface area (Å²) in [6.07, 6.45) is 8.74. The zero-order valence-electron chi connectivity index (χ0n) is 8.46. The van der Waals surface area contributed by atoms with Crippen molar-refractivity contribution in [2.75, 3.05) is 6.54 Å². The number of nitrogens with zero attached hydrogens (tertiary/aromatic N) is 1. The smallest absolute Gasteiger partial charge is 0.0441 e. The van der Waals surface area contributed by atoms with Gasteiger partial charge in [0.2, 0.25) is 0 Å². The summed E-state index contributed by atoms with van der Waals surface area (Å²) < 4.78 is 0. The van der Waals surface area contributed by atoms with Crippen LogP contribution in [-0.4, -0.2) is 11.4 Å². The third kappa shape index (κ3) is 1.24. The Kier molecular flexibility index (Phi) is 1.87. The van der Waals surface area contributed by atoms with Gasteiger partial charge in [-0.05, 0) is 43.6 Å². The van der Waals surface area contributed by atoms with Gasteiger partial charge in [-0.2, -0.15) is 0 Å². The molecule has 0 aromatic carbocycles. The van der Waals surface area contributed by atoms with Gasteiger partial charge in [0.15, 0.2) is 0 Å². The number of allylic oxidation sites excluding steroid dienone is 5. The Morgan fingerprint density at radius 3 is 2.69 bits per heavy atom. The second-order valence-electron chi connectivity index (χ2n) is 3.69. The van der Waals surface area contributed by atoms with Crippen LogP contribution < -0.4 is 0 Å². The average Bonchev–Trinajstić information content (AvgIpc) is 2.15. The maximum atomic E-state index is 2.30. The third-order valence-electron chi connectivity index (χ3n) is 2.89. The van der Waals surface area contributed by atoms with Gasteiger partial charge in [0.1, 0.15) is 0 Å². The Labute approximate surface area is 79.7 Å². The van der Waals surface area contributed by atoms with Gasteiger partial charge in [0, 0.05) is 18.4 Å². The van der Waals surface area contributed by atoms with E-state index >= 15 is 0 Å². The highest BCUT2D eigenvalue weighted by molar-refractivity contribution is 5.48. The Morgan fingerprint density at radius 2 is 1.92 bits per heavy atom. The van der Waals surface area contributed by atoms with E-state index in [0.29, 0.717) is 0 Å². The summed E-state index contributed by atoms with van der Waals surface area (Å²) in [5, 5.41) is 0. The fourth-order valence-electron chi connectivity index (χ4n) is 1.81. The second-order valence-corrected chi connectivity index (χ2v) is 3.69. The van der Waals surface area contributed by atoms with Gasteiger partial charge in [-0.25, -0.2) is 0 Å². The number of rotatable bonds is 0. The molecule has 0 aromatic heterocycles. The fourth-order valence-corrected chi connectivity index (χ4v) is 1.81. The molecule has 2 rings (SSSR count). The zero-order valence-corrected chi connectivity index (χ0v) is 8.46. The van der Waals surface area contributed by atoms with Gasteiger partial charge in [0.05, 0.1) is 0 Å². The normalized spacial score (nSPS) is 21.3. The Morgan fingerprint density at radius 1 is 1.15 bits per heavy atom. The molecule has 0 unspecified atom stereocenters. The number of hydrogen-bond acceptors (Lipinski definition) is 1. The number of fused-ring (bicyclic) bond motifs is 1. The van der Waals surface area contributed by atoms with Crippen LogP contribution in [0.2, 0.25) is 0 Å². The van der Waals surface area contributed by atoms with Gasteiger partial charge in [-0.1, -0.05) is 12.2 Å². The summed E-state index contributed by atoms with van der Waals surface area (Å²) in [6.45, 7) is 7.57. The van der Waals surface area contributed by atoms with Crippen LogP contribution in [0.3, 0.4) is 0 Å². The van der Waals surface area contributed by atoms with E-state index in [-0.39, 0.29) is 0 Å². The van der Waals surface area contributed by atoms with Crippen LogP contribution in [0.1, 0.15) is 20.8 Å². The predicted octanol–water partition coefficient (Wildman–Crippen LogP) is 3.00. The van der Waals surface area contributed by atoms with Crippen molar-refractivity contribution in [3.8, 4) is 0 Å². The molecule has 0 N–H and O–H groups in total. The van der Waals surface area contributed by atoms with Gasteiger partial charge < -0.3 is 4.90 Å². The Balaban J connectivity index is 2.50. The van der Waals surface area contributed by atoms with Crippen molar-refractivity contribution < 1.29 is 0 Å². The molecule has 2 heterocycles. The van der Waals surface area contributed by atoms with E-state index in [0.717, 1.165) is 6.54 Å². The first kappa shape index (κ1) is 8.36. The van der Waals surface area contributed by atoms with Gasteiger partial charge >= 0.3 is 0 Å². The van der Waals surface area contributed by atoms with Crippen molar-refractivity contribution in [3.63, 3.8) is 0 Å². The van der Waals surface area contributed by atoms with Crippen LogP contribution in [-0.2, 0) is 0 Å². The van der Waals surface area contributed by atoms with Crippen LogP contribution >= 0.6 is 0 Å². The van der Waals surface area contributed by atoms with E-state index in [9.17, 15) is 0 Å². The van der Waals surface area contributed by atoms with Crippen molar-refractivity contribution >= 4 is 0 Å². The Hall–Kier alpha value is -1.24. The topological polar surface area (TPSA) is 3.24 Å². The second kappa shape index (κ2) is 2.91. The maximum Gasteiger partial charge on any atom is 0.0441 e. The lowest BCUT2D eigenvalue weighted by Gasteiger charge is -2.31. The van der Waals surface area contributed by atoms with Crippen LogP contribution in [0.25, 0.3) is 0 Å². The summed E-state index contributed by atoms with van der Waals surface area (Å²) in [5.74, 6) is 0. The van der Waals surface area contributed by atoms with Crippen molar-refractivity contribution in [3.05, 3.63) is 46.8 Å². The third-order valence-corrected chi connectivity index (χ3v) is 2.89. The highest BCUT2D eigenvalue weighted by Crippen LogP contribution is 2.30. The molecule has 0 atom stereocenters. The first-order chi connectivity index (χ1) is 6.20. The van der Waals surface area contributed by atoms with Gasteiger partial charge in [-0.3, -0.25) is 0 Å². The first-order valence-electron chi connectivity index (χ1n) is 4.70. The zero-order chi connectivity index (χ0) is 9.42. The maximum absolute atomic E-state index is 2.30. The van der Waals surface area contributed by atoms with Gasteiger partial charge in [0.25, 0.3) is 0 Å². The van der Waals surface area contributed by atoms with E-state index in [1.165, 1.54) is 22.4 Å². The first-order valence-corrected chi connectivity index (χ1v) is 4.70. The van der Waals surface area contributed by atoms with E-state index in [4.69, 9.17) is 0 Å². The molecule has 0 aromatic rings. The molecule has 1 nitrogen and oxygen atoms in total. The van der Waals surface area contributed by atoms with E-state index in [2.05, 4.69) is 50.1 Å². The highest BCUT2D eigenvalue weighted by Gasteiger charge is 2.17. The molecule has 2 aliphatic heterocycles. The molecule has 68 valence electrons. The summed E-state index contributed by atoms with van der Waals surface area (Å²) in [6, 6.07) is 0. The van der Waals surface area contributed by atoms with Crippen molar-refractivity contribution in [2.45, 2.75) is 20.8 Å².